The summed E-state index contributed by atoms with van der Waals surface area (Å²) in [5, 5.41) is 3.41. The summed E-state index contributed by atoms with van der Waals surface area (Å²) in [6, 6.07) is 23.0. The van der Waals surface area contributed by atoms with Gasteiger partial charge in [-0.3, -0.25) is 4.79 Å². The van der Waals surface area contributed by atoms with Crippen molar-refractivity contribution in [3.63, 3.8) is 0 Å². The summed E-state index contributed by atoms with van der Waals surface area (Å²) in [6.45, 7) is 2.15. The number of rotatable bonds is 6. The van der Waals surface area contributed by atoms with Crippen LogP contribution < -0.4 is 19.5 Å². The Bertz CT molecular complexity index is 1490. The molecule has 2 aliphatic heterocycles. The number of ketones is 1. The van der Waals surface area contributed by atoms with Crippen molar-refractivity contribution in [2.24, 2.45) is 0 Å². The number of fused-ring (bicyclic) bond motifs is 1. The number of benzene rings is 3. The highest BCUT2D eigenvalue weighted by Gasteiger charge is 2.42. The fourth-order valence-electron chi connectivity index (χ4n) is 5.65. The molecule has 6 rings (SSSR count). The number of hydrogen-bond donors (Lipinski definition) is 1. The normalized spacial score (nSPS) is 19.9. The summed E-state index contributed by atoms with van der Waals surface area (Å²) < 4.78 is 22.2. The number of allylic oxidation sites excluding steroid dienone is 3. The zero-order chi connectivity index (χ0) is 26.9. The van der Waals surface area contributed by atoms with Gasteiger partial charge in [0.15, 0.2) is 17.3 Å². The summed E-state index contributed by atoms with van der Waals surface area (Å²) in [4.78, 5) is 27.5. The molecule has 2 unspecified atom stereocenters. The van der Waals surface area contributed by atoms with E-state index in [1.54, 1.807) is 7.11 Å². The minimum absolute atomic E-state index is 0.00749. The van der Waals surface area contributed by atoms with Gasteiger partial charge in [0.2, 0.25) is 6.79 Å². The van der Waals surface area contributed by atoms with E-state index in [1.165, 1.54) is 0 Å². The van der Waals surface area contributed by atoms with Gasteiger partial charge in [-0.15, -0.1) is 0 Å². The molecular weight excluding hydrogens is 494 g/mol. The summed E-state index contributed by atoms with van der Waals surface area (Å²) in [7, 11) is 1.63. The average molecular weight is 524 g/mol. The summed E-state index contributed by atoms with van der Waals surface area (Å²) in [5.41, 5.74) is 5.31. The number of hydrogen-bond acceptors (Lipinski definition) is 7. The molecule has 7 nitrogen and oxygen atoms in total. The first kappa shape index (κ1) is 24.8. The SMILES string of the molecule is COc1ccc(C2CC(=O)C3=C(C2)NC(C)=C(C(=O)OCc2ccccc2)C3c2ccc3c(c2)OCO3)cc1. The monoisotopic (exact) mass is 523 g/mol. The lowest BCUT2D eigenvalue weighted by Crippen LogP contribution is -2.36. The first-order chi connectivity index (χ1) is 19.0. The second-order valence-electron chi connectivity index (χ2n) is 9.96. The van der Waals surface area contributed by atoms with Crippen LogP contribution in [0.15, 0.2) is 95.3 Å². The van der Waals surface area contributed by atoms with Crippen molar-refractivity contribution in [2.75, 3.05) is 13.9 Å². The topological polar surface area (TPSA) is 83.1 Å². The third kappa shape index (κ3) is 4.76. The number of esters is 1. The van der Waals surface area contributed by atoms with Crippen molar-refractivity contribution in [2.45, 2.75) is 38.2 Å². The van der Waals surface area contributed by atoms with E-state index in [0.29, 0.717) is 41.2 Å². The van der Waals surface area contributed by atoms with Crippen LogP contribution >= 0.6 is 0 Å². The maximum absolute atomic E-state index is 13.9. The van der Waals surface area contributed by atoms with Crippen molar-refractivity contribution in [1.82, 2.24) is 5.32 Å². The molecule has 39 heavy (non-hydrogen) atoms. The van der Waals surface area contributed by atoms with E-state index in [-0.39, 0.29) is 25.1 Å². The smallest absolute Gasteiger partial charge is 0.337 e. The zero-order valence-electron chi connectivity index (χ0n) is 21.9. The molecule has 1 aliphatic carbocycles. The third-order valence-electron chi connectivity index (χ3n) is 7.58. The van der Waals surface area contributed by atoms with E-state index in [9.17, 15) is 9.59 Å². The average Bonchev–Trinajstić information content (AvgIpc) is 3.44. The molecule has 3 aromatic rings. The van der Waals surface area contributed by atoms with Crippen LogP contribution in [0.4, 0.5) is 0 Å². The number of dihydropyridines is 1. The van der Waals surface area contributed by atoms with Gasteiger partial charge < -0.3 is 24.3 Å². The lowest BCUT2D eigenvalue weighted by Gasteiger charge is -2.36. The van der Waals surface area contributed by atoms with Crippen LogP contribution in [0.5, 0.6) is 17.2 Å². The van der Waals surface area contributed by atoms with Gasteiger partial charge in [-0.25, -0.2) is 4.79 Å². The van der Waals surface area contributed by atoms with Crippen LogP contribution in [0, 0.1) is 0 Å². The molecular formula is C32H29NO6. The first-order valence-corrected chi connectivity index (χ1v) is 13.0. The van der Waals surface area contributed by atoms with E-state index in [2.05, 4.69) is 5.32 Å². The van der Waals surface area contributed by atoms with Gasteiger partial charge in [0.05, 0.1) is 12.7 Å². The van der Waals surface area contributed by atoms with Crippen molar-refractivity contribution < 1.29 is 28.5 Å². The molecule has 0 spiro atoms. The number of ether oxygens (including phenoxy) is 4. The van der Waals surface area contributed by atoms with Gasteiger partial charge in [-0.05, 0) is 60.2 Å². The predicted octanol–water partition coefficient (Wildman–Crippen LogP) is 5.53. The van der Waals surface area contributed by atoms with Crippen LogP contribution in [0.3, 0.4) is 0 Å². The van der Waals surface area contributed by atoms with E-state index < -0.39 is 11.9 Å². The highest BCUT2D eigenvalue weighted by Crippen LogP contribution is 2.47. The molecule has 7 heteroatoms. The van der Waals surface area contributed by atoms with Crippen molar-refractivity contribution in [3.8, 4) is 17.2 Å². The molecule has 2 heterocycles. The highest BCUT2D eigenvalue weighted by atomic mass is 16.7. The Morgan fingerprint density at radius 3 is 2.46 bits per heavy atom. The summed E-state index contributed by atoms with van der Waals surface area (Å²) in [6.07, 6.45) is 0.997. The summed E-state index contributed by atoms with van der Waals surface area (Å²) in [5.74, 6) is 1.01. The fraction of sp³-hybridized carbons (Fsp3) is 0.250. The second kappa shape index (κ2) is 10.3. The first-order valence-electron chi connectivity index (χ1n) is 13.0. The molecule has 2 atom stereocenters. The maximum Gasteiger partial charge on any atom is 0.337 e. The summed E-state index contributed by atoms with van der Waals surface area (Å²) >= 11 is 0. The van der Waals surface area contributed by atoms with Crippen LogP contribution in [-0.2, 0) is 20.9 Å². The fourth-order valence-corrected chi connectivity index (χ4v) is 5.65. The van der Waals surface area contributed by atoms with Gasteiger partial charge in [-0.2, -0.15) is 0 Å². The molecule has 198 valence electrons. The van der Waals surface area contributed by atoms with E-state index in [1.807, 2.05) is 79.7 Å². The minimum atomic E-state index is -0.580. The zero-order valence-corrected chi connectivity index (χ0v) is 21.9. The van der Waals surface area contributed by atoms with E-state index in [4.69, 9.17) is 18.9 Å². The molecule has 1 N–H and O–H groups in total. The van der Waals surface area contributed by atoms with E-state index in [0.717, 1.165) is 28.1 Å². The van der Waals surface area contributed by atoms with Crippen LogP contribution in [-0.4, -0.2) is 25.7 Å². The number of Topliss-reactive ketones (excluding diaryl/α,β-unsaturated/α-hetero) is 1. The molecule has 3 aromatic carbocycles. The van der Waals surface area contributed by atoms with Crippen molar-refractivity contribution in [3.05, 3.63) is 112 Å². The van der Waals surface area contributed by atoms with Crippen molar-refractivity contribution >= 4 is 11.8 Å². The number of carbonyl (C=O) groups excluding carboxylic acids is 2. The quantitative estimate of drug-likeness (QED) is 0.426. The highest BCUT2D eigenvalue weighted by molar-refractivity contribution is 6.04. The molecule has 0 saturated carbocycles. The number of nitrogens with one attached hydrogen (secondary N) is 1. The number of carbonyl (C=O) groups is 2. The van der Waals surface area contributed by atoms with Crippen LogP contribution in [0.25, 0.3) is 0 Å². The maximum atomic E-state index is 13.9. The molecule has 0 amide bonds. The van der Waals surface area contributed by atoms with Gasteiger partial charge in [0.25, 0.3) is 0 Å². The van der Waals surface area contributed by atoms with Gasteiger partial charge >= 0.3 is 5.97 Å². The van der Waals surface area contributed by atoms with Crippen molar-refractivity contribution in [1.29, 1.82) is 0 Å². The second-order valence-corrected chi connectivity index (χ2v) is 9.96. The Kier molecular flexibility index (Phi) is 6.57. The lowest BCUT2D eigenvalue weighted by molar-refractivity contribution is -0.140. The van der Waals surface area contributed by atoms with E-state index >= 15 is 0 Å². The lowest BCUT2D eigenvalue weighted by atomic mass is 9.71. The minimum Gasteiger partial charge on any atom is -0.497 e. The standard InChI is InChI=1S/C32H29NO6/c1-19-29(32(35)37-17-20-6-4-3-5-7-20)30(22-10-13-27-28(16-22)39-18-38-27)31-25(33-19)14-23(15-26(31)34)21-8-11-24(36-2)12-9-21/h3-13,16,23,30,33H,14-15,17-18H2,1-2H3. The molecule has 0 fully saturated rings. The van der Waals surface area contributed by atoms with Gasteiger partial charge in [0.1, 0.15) is 12.4 Å². The van der Waals surface area contributed by atoms with Gasteiger partial charge in [0, 0.05) is 29.3 Å². The Balaban J connectivity index is 1.36. The van der Waals surface area contributed by atoms with Crippen LogP contribution in [0.2, 0.25) is 0 Å². The number of methoxy groups -OCH3 is 1. The Labute approximate surface area is 227 Å². The molecule has 3 aliphatic rings. The predicted molar refractivity (Wildman–Crippen MR) is 144 cm³/mol. The Morgan fingerprint density at radius 1 is 0.949 bits per heavy atom. The molecule has 0 radical (unpaired) electrons. The Hall–Kier alpha value is -4.52. The largest absolute Gasteiger partial charge is 0.497 e. The third-order valence-corrected chi connectivity index (χ3v) is 7.58. The van der Waals surface area contributed by atoms with Gasteiger partial charge in [-0.1, -0.05) is 48.5 Å². The molecule has 0 bridgehead atoms. The van der Waals surface area contributed by atoms with Crippen LogP contribution in [0.1, 0.15) is 48.3 Å². The Morgan fingerprint density at radius 2 is 1.69 bits per heavy atom. The molecule has 0 saturated heterocycles. The molecule has 0 aromatic heterocycles.